The molecule has 0 heterocycles. The van der Waals surface area contributed by atoms with Gasteiger partial charge in [0.1, 0.15) is 0 Å². The Labute approximate surface area is 167 Å². The smallest absolute Gasteiger partial charge is 0.0425 e. The van der Waals surface area contributed by atoms with Crippen molar-refractivity contribution in [2.75, 3.05) is 13.1 Å². The van der Waals surface area contributed by atoms with Gasteiger partial charge in [-0.05, 0) is 36.4 Å². The van der Waals surface area contributed by atoms with Crippen molar-refractivity contribution in [3.8, 4) is 0 Å². The fraction of sp³-hybridized carbons (Fsp3) is 0.455. The summed E-state index contributed by atoms with van der Waals surface area (Å²) in [6, 6.07) is 21.3. The molecule has 0 aliphatic heterocycles. The molecule has 26 heavy (non-hydrogen) atoms. The minimum Gasteiger partial charge on any atom is -0.312 e. The average Bonchev–Trinajstić information content (AvgIpc) is 2.71. The highest BCUT2D eigenvalue weighted by Gasteiger charge is 2.40. The van der Waals surface area contributed by atoms with Gasteiger partial charge < -0.3 is 10.6 Å². The minimum atomic E-state index is 0.222. The normalized spacial score (nSPS) is 23.0. The zero-order valence-electron chi connectivity index (χ0n) is 15.4. The van der Waals surface area contributed by atoms with E-state index >= 15 is 0 Å². The Kier molecular flexibility index (Phi) is 7.93. The molecule has 1 aliphatic carbocycles. The number of hydrogen-bond acceptors (Lipinski definition) is 4. The highest BCUT2D eigenvalue weighted by atomic mass is 33.1. The van der Waals surface area contributed by atoms with Gasteiger partial charge in [0.05, 0.1) is 0 Å². The Balaban J connectivity index is 1.53. The van der Waals surface area contributed by atoms with E-state index in [1.54, 1.807) is 10.8 Å². The van der Waals surface area contributed by atoms with Crippen LogP contribution in [0.4, 0.5) is 0 Å². The molecule has 0 amide bonds. The van der Waals surface area contributed by atoms with E-state index in [-0.39, 0.29) is 4.75 Å². The van der Waals surface area contributed by atoms with E-state index in [4.69, 9.17) is 11.7 Å². The number of thiol groups is 1. The van der Waals surface area contributed by atoms with Gasteiger partial charge in [0.15, 0.2) is 0 Å². The summed E-state index contributed by atoms with van der Waals surface area (Å²) in [5.41, 5.74) is 2.70. The maximum Gasteiger partial charge on any atom is 0.0425 e. The van der Waals surface area contributed by atoms with Gasteiger partial charge in [-0.3, -0.25) is 0 Å². The maximum atomic E-state index is 4.71. The van der Waals surface area contributed by atoms with Crippen LogP contribution in [0.15, 0.2) is 60.7 Å². The molecule has 0 aromatic heterocycles. The fourth-order valence-corrected chi connectivity index (χ4v) is 5.62. The molecule has 1 fully saturated rings. The lowest BCUT2D eigenvalue weighted by Crippen LogP contribution is -2.48. The van der Waals surface area contributed by atoms with E-state index in [2.05, 4.69) is 71.3 Å². The van der Waals surface area contributed by atoms with Crippen molar-refractivity contribution >= 4 is 22.5 Å². The molecule has 1 aliphatic rings. The summed E-state index contributed by atoms with van der Waals surface area (Å²) in [6.07, 6.45) is 5.20. The Morgan fingerprint density at radius 1 is 0.885 bits per heavy atom. The highest BCUT2D eigenvalue weighted by Crippen LogP contribution is 2.45. The van der Waals surface area contributed by atoms with E-state index in [1.165, 1.54) is 36.8 Å². The predicted molar refractivity (Wildman–Crippen MR) is 118 cm³/mol. The standard InChI is InChI=1S/C22H30N2S2/c25-26-22(18-24-16-20-11-5-2-6-12-20)14-8-7-13-21(22)17-23-15-19-9-3-1-4-10-19/h1-6,9-12,21,23-25H,7-8,13-18H2. The van der Waals surface area contributed by atoms with Crippen molar-refractivity contribution in [1.29, 1.82) is 0 Å². The first-order valence-electron chi connectivity index (χ1n) is 9.64. The quantitative estimate of drug-likeness (QED) is 0.414. The topological polar surface area (TPSA) is 24.1 Å². The lowest BCUT2D eigenvalue weighted by Gasteiger charge is -2.43. The Morgan fingerprint density at radius 3 is 2.12 bits per heavy atom. The molecule has 0 saturated heterocycles. The van der Waals surface area contributed by atoms with Crippen LogP contribution in [0.3, 0.4) is 0 Å². The van der Waals surface area contributed by atoms with Crippen molar-refractivity contribution in [2.45, 2.75) is 43.5 Å². The summed E-state index contributed by atoms with van der Waals surface area (Å²) in [7, 11) is 1.77. The van der Waals surface area contributed by atoms with Crippen molar-refractivity contribution in [3.63, 3.8) is 0 Å². The lowest BCUT2D eigenvalue weighted by atomic mass is 9.78. The van der Waals surface area contributed by atoms with E-state index in [9.17, 15) is 0 Å². The molecule has 2 nitrogen and oxygen atoms in total. The third-order valence-corrected chi connectivity index (χ3v) is 7.62. The molecule has 0 bridgehead atoms. The molecular formula is C22H30N2S2. The fourth-order valence-electron chi connectivity index (χ4n) is 3.96. The predicted octanol–water partition coefficient (Wildman–Crippen LogP) is 5.07. The molecule has 2 aromatic rings. The monoisotopic (exact) mass is 386 g/mol. The van der Waals surface area contributed by atoms with Crippen LogP contribution in [-0.4, -0.2) is 17.8 Å². The van der Waals surface area contributed by atoms with Gasteiger partial charge in [0, 0.05) is 24.4 Å². The first-order valence-corrected chi connectivity index (χ1v) is 11.5. The van der Waals surface area contributed by atoms with Crippen LogP contribution in [0.5, 0.6) is 0 Å². The van der Waals surface area contributed by atoms with Crippen molar-refractivity contribution < 1.29 is 0 Å². The Hall–Kier alpha value is -0.940. The van der Waals surface area contributed by atoms with E-state index in [0.29, 0.717) is 5.92 Å². The summed E-state index contributed by atoms with van der Waals surface area (Å²) in [4.78, 5) is 0. The second kappa shape index (κ2) is 10.4. The number of hydrogen-bond donors (Lipinski definition) is 3. The lowest BCUT2D eigenvalue weighted by molar-refractivity contribution is 0.256. The van der Waals surface area contributed by atoms with Gasteiger partial charge in [0.25, 0.3) is 0 Å². The Bertz CT molecular complexity index is 635. The maximum absolute atomic E-state index is 4.71. The Morgan fingerprint density at radius 2 is 1.50 bits per heavy atom. The molecular weight excluding hydrogens is 356 g/mol. The summed E-state index contributed by atoms with van der Waals surface area (Å²) >= 11 is 4.71. The third-order valence-electron chi connectivity index (χ3n) is 5.49. The van der Waals surface area contributed by atoms with Crippen LogP contribution in [0, 0.1) is 5.92 Å². The van der Waals surface area contributed by atoms with Crippen molar-refractivity contribution in [2.24, 2.45) is 5.92 Å². The molecule has 2 atom stereocenters. The van der Waals surface area contributed by atoms with Gasteiger partial charge in [-0.2, -0.15) is 0 Å². The van der Waals surface area contributed by atoms with Gasteiger partial charge in [-0.25, -0.2) is 0 Å². The van der Waals surface area contributed by atoms with E-state index < -0.39 is 0 Å². The first kappa shape index (κ1) is 19.8. The number of benzene rings is 2. The van der Waals surface area contributed by atoms with E-state index in [1.807, 2.05) is 0 Å². The van der Waals surface area contributed by atoms with Crippen LogP contribution >= 0.6 is 22.5 Å². The second-order valence-electron chi connectivity index (χ2n) is 7.30. The van der Waals surface area contributed by atoms with Crippen LogP contribution < -0.4 is 10.6 Å². The molecule has 1 saturated carbocycles. The summed E-state index contributed by atoms with van der Waals surface area (Å²) < 4.78 is 0.222. The number of nitrogens with one attached hydrogen (secondary N) is 2. The summed E-state index contributed by atoms with van der Waals surface area (Å²) in [6.45, 7) is 3.96. The highest BCUT2D eigenvalue weighted by molar-refractivity contribution is 8.69. The van der Waals surface area contributed by atoms with Crippen LogP contribution in [0.1, 0.15) is 36.8 Å². The third kappa shape index (κ3) is 5.53. The van der Waals surface area contributed by atoms with Gasteiger partial charge >= 0.3 is 0 Å². The molecule has 3 rings (SSSR count). The van der Waals surface area contributed by atoms with Crippen molar-refractivity contribution in [1.82, 2.24) is 10.6 Å². The zero-order chi connectivity index (χ0) is 18.1. The zero-order valence-corrected chi connectivity index (χ0v) is 17.1. The van der Waals surface area contributed by atoms with E-state index in [0.717, 1.165) is 26.2 Å². The molecule has 4 heteroatoms. The van der Waals surface area contributed by atoms with Gasteiger partial charge in [-0.1, -0.05) is 84.3 Å². The molecule has 0 radical (unpaired) electrons. The molecule has 2 aromatic carbocycles. The number of rotatable bonds is 9. The van der Waals surface area contributed by atoms with Crippen LogP contribution in [0.2, 0.25) is 0 Å². The minimum absolute atomic E-state index is 0.222. The average molecular weight is 387 g/mol. The van der Waals surface area contributed by atoms with Gasteiger partial charge in [-0.15, -0.1) is 11.7 Å². The summed E-state index contributed by atoms with van der Waals surface area (Å²) in [5, 5.41) is 7.40. The summed E-state index contributed by atoms with van der Waals surface area (Å²) in [5.74, 6) is 0.658. The molecule has 0 spiro atoms. The molecule has 2 unspecified atom stereocenters. The SMILES string of the molecule is SSC1(CNCc2ccccc2)CCCCC1CNCc1ccccc1. The van der Waals surface area contributed by atoms with Crippen molar-refractivity contribution in [3.05, 3.63) is 71.8 Å². The van der Waals surface area contributed by atoms with Gasteiger partial charge in [0.2, 0.25) is 0 Å². The molecule has 140 valence electrons. The van der Waals surface area contributed by atoms with Crippen LogP contribution in [0.25, 0.3) is 0 Å². The van der Waals surface area contributed by atoms with Crippen LogP contribution in [-0.2, 0) is 13.1 Å². The second-order valence-corrected chi connectivity index (χ2v) is 8.85. The first-order chi connectivity index (χ1) is 12.8. The largest absolute Gasteiger partial charge is 0.312 e. The molecule has 2 N–H and O–H groups in total.